The molecule has 0 amide bonds. The quantitative estimate of drug-likeness (QED) is 0.778. The SMILES string of the molecule is COCCCn1c(C)ccc(CNC2CCCC2)c1=O. The molecule has 0 aromatic carbocycles. The van der Waals surface area contributed by atoms with Crippen molar-refractivity contribution in [3.8, 4) is 0 Å². The predicted molar refractivity (Wildman–Crippen MR) is 81.0 cm³/mol. The number of hydrogen-bond donors (Lipinski definition) is 1. The summed E-state index contributed by atoms with van der Waals surface area (Å²) in [4.78, 5) is 12.5. The largest absolute Gasteiger partial charge is 0.385 e. The minimum absolute atomic E-state index is 0.145. The second kappa shape index (κ2) is 7.60. The van der Waals surface area contributed by atoms with Gasteiger partial charge in [0.2, 0.25) is 0 Å². The van der Waals surface area contributed by atoms with Crippen LogP contribution in [0.3, 0.4) is 0 Å². The van der Waals surface area contributed by atoms with Gasteiger partial charge in [0, 0.05) is 44.1 Å². The van der Waals surface area contributed by atoms with Crippen LogP contribution in [0.5, 0.6) is 0 Å². The monoisotopic (exact) mass is 278 g/mol. The van der Waals surface area contributed by atoms with Crippen LogP contribution in [0.1, 0.15) is 43.4 Å². The fourth-order valence-corrected chi connectivity index (χ4v) is 2.88. The third kappa shape index (κ3) is 3.93. The molecule has 1 aliphatic rings. The number of hydrogen-bond acceptors (Lipinski definition) is 3. The molecule has 1 aromatic heterocycles. The summed E-state index contributed by atoms with van der Waals surface area (Å²) in [5.74, 6) is 0. The molecule has 1 saturated carbocycles. The molecule has 112 valence electrons. The van der Waals surface area contributed by atoms with Crippen molar-refractivity contribution in [3.63, 3.8) is 0 Å². The number of pyridine rings is 1. The summed E-state index contributed by atoms with van der Waals surface area (Å²) >= 11 is 0. The molecule has 4 nitrogen and oxygen atoms in total. The fourth-order valence-electron chi connectivity index (χ4n) is 2.88. The Kier molecular flexibility index (Phi) is 5.80. The van der Waals surface area contributed by atoms with Crippen LogP contribution < -0.4 is 10.9 Å². The van der Waals surface area contributed by atoms with Crippen LogP contribution in [0.4, 0.5) is 0 Å². The number of nitrogens with one attached hydrogen (secondary N) is 1. The lowest BCUT2D eigenvalue weighted by Crippen LogP contribution is -2.32. The maximum absolute atomic E-state index is 12.5. The third-order valence-corrected chi connectivity index (χ3v) is 4.14. The Bertz CT molecular complexity index is 476. The topological polar surface area (TPSA) is 43.3 Å². The zero-order valence-corrected chi connectivity index (χ0v) is 12.7. The zero-order valence-electron chi connectivity index (χ0n) is 12.7. The Morgan fingerprint density at radius 1 is 1.35 bits per heavy atom. The van der Waals surface area contributed by atoms with Crippen molar-refractivity contribution in [3.05, 3.63) is 33.7 Å². The second-order valence-electron chi connectivity index (χ2n) is 5.67. The average Bonchev–Trinajstić information content (AvgIpc) is 2.95. The van der Waals surface area contributed by atoms with E-state index >= 15 is 0 Å². The highest BCUT2D eigenvalue weighted by molar-refractivity contribution is 5.15. The van der Waals surface area contributed by atoms with E-state index in [1.807, 2.05) is 23.6 Å². The first-order valence-electron chi connectivity index (χ1n) is 7.64. The molecule has 0 radical (unpaired) electrons. The van der Waals surface area contributed by atoms with E-state index in [1.54, 1.807) is 7.11 Å². The van der Waals surface area contributed by atoms with E-state index in [4.69, 9.17) is 4.74 Å². The number of methoxy groups -OCH3 is 1. The first-order valence-corrected chi connectivity index (χ1v) is 7.64. The van der Waals surface area contributed by atoms with E-state index in [-0.39, 0.29) is 5.56 Å². The van der Waals surface area contributed by atoms with Crippen molar-refractivity contribution in [1.82, 2.24) is 9.88 Å². The van der Waals surface area contributed by atoms with Crippen molar-refractivity contribution in [2.45, 2.75) is 58.2 Å². The van der Waals surface area contributed by atoms with Gasteiger partial charge in [-0.1, -0.05) is 18.9 Å². The Balaban J connectivity index is 2.01. The van der Waals surface area contributed by atoms with Crippen LogP contribution in [0, 0.1) is 6.92 Å². The summed E-state index contributed by atoms with van der Waals surface area (Å²) < 4.78 is 6.93. The Labute approximate surface area is 121 Å². The summed E-state index contributed by atoms with van der Waals surface area (Å²) in [5.41, 5.74) is 2.04. The summed E-state index contributed by atoms with van der Waals surface area (Å²) in [6.07, 6.45) is 5.98. The van der Waals surface area contributed by atoms with E-state index in [9.17, 15) is 4.79 Å². The van der Waals surface area contributed by atoms with Crippen molar-refractivity contribution >= 4 is 0 Å². The standard InChI is InChI=1S/C16H26N2O2/c1-13-8-9-14(12-17-15-6-3-4-7-15)16(19)18(13)10-5-11-20-2/h8-9,15,17H,3-7,10-12H2,1-2H3. The minimum atomic E-state index is 0.145. The third-order valence-electron chi connectivity index (χ3n) is 4.14. The van der Waals surface area contributed by atoms with Crippen molar-refractivity contribution < 1.29 is 4.74 Å². The smallest absolute Gasteiger partial charge is 0.255 e. The highest BCUT2D eigenvalue weighted by atomic mass is 16.5. The summed E-state index contributed by atoms with van der Waals surface area (Å²) in [6.45, 7) is 4.10. The highest BCUT2D eigenvalue weighted by Crippen LogP contribution is 2.17. The van der Waals surface area contributed by atoms with Crippen molar-refractivity contribution in [1.29, 1.82) is 0 Å². The number of nitrogens with zero attached hydrogens (tertiary/aromatic N) is 1. The Hall–Kier alpha value is -1.13. The van der Waals surface area contributed by atoms with Crippen LogP contribution >= 0.6 is 0 Å². The minimum Gasteiger partial charge on any atom is -0.385 e. The maximum Gasteiger partial charge on any atom is 0.255 e. The van der Waals surface area contributed by atoms with Gasteiger partial charge in [-0.3, -0.25) is 4.79 Å². The Morgan fingerprint density at radius 2 is 2.10 bits per heavy atom. The fraction of sp³-hybridized carbons (Fsp3) is 0.688. The first-order chi connectivity index (χ1) is 9.72. The molecule has 1 aromatic rings. The summed E-state index contributed by atoms with van der Waals surface area (Å²) in [6, 6.07) is 4.60. The lowest BCUT2D eigenvalue weighted by molar-refractivity contribution is 0.189. The molecule has 0 atom stereocenters. The maximum atomic E-state index is 12.5. The lowest BCUT2D eigenvalue weighted by atomic mass is 10.2. The normalized spacial score (nSPS) is 15.9. The summed E-state index contributed by atoms with van der Waals surface area (Å²) in [7, 11) is 1.69. The number of aryl methyl sites for hydroxylation is 1. The predicted octanol–water partition coefficient (Wildman–Crippen LogP) is 2.23. The molecule has 1 fully saturated rings. The lowest BCUT2D eigenvalue weighted by Gasteiger charge is -2.14. The van der Waals surface area contributed by atoms with Crippen LogP contribution in [-0.4, -0.2) is 24.3 Å². The molecular weight excluding hydrogens is 252 g/mol. The molecule has 2 rings (SSSR count). The van der Waals surface area contributed by atoms with Crippen LogP contribution in [0.2, 0.25) is 0 Å². The molecule has 0 bridgehead atoms. The molecule has 1 aliphatic carbocycles. The first kappa shape index (κ1) is 15.3. The number of rotatable bonds is 7. The molecule has 20 heavy (non-hydrogen) atoms. The average molecular weight is 278 g/mol. The number of ether oxygens (including phenoxy) is 1. The van der Waals surface area contributed by atoms with Gasteiger partial charge in [-0.2, -0.15) is 0 Å². The molecule has 0 saturated heterocycles. The van der Waals surface area contributed by atoms with Gasteiger partial charge < -0.3 is 14.6 Å². The summed E-state index contributed by atoms with van der Waals surface area (Å²) in [5, 5.41) is 3.51. The molecule has 0 aliphatic heterocycles. The van der Waals surface area contributed by atoms with Gasteiger partial charge in [0.05, 0.1) is 0 Å². The van der Waals surface area contributed by atoms with Gasteiger partial charge >= 0.3 is 0 Å². The van der Waals surface area contributed by atoms with E-state index in [0.29, 0.717) is 19.2 Å². The van der Waals surface area contributed by atoms with Crippen molar-refractivity contribution in [2.75, 3.05) is 13.7 Å². The molecular formula is C16H26N2O2. The molecule has 0 unspecified atom stereocenters. The van der Waals surface area contributed by atoms with Gasteiger partial charge in [0.1, 0.15) is 0 Å². The van der Waals surface area contributed by atoms with Gasteiger partial charge in [0.25, 0.3) is 5.56 Å². The van der Waals surface area contributed by atoms with E-state index < -0.39 is 0 Å². The van der Waals surface area contributed by atoms with Gasteiger partial charge in [-0.15, -0.1) is 0 Å². The van der Waals surface area contributed by atoms with Gasteiger partial charge in [-0.05, 0) is 32.3 Å². The van der Waals surface area contributed by atoms with E-state index in [0.717, 1.165) is 24.2 Å². The second-order valence-corrected chi connectivity index (χ2v) is 5.67. The number of aromatic nitrogens is 1. The molecule has 1 heterocycles. The molecule has 1 N–H and O–H groups in total. The van der Waals surface area contributed by atoms with E-state index in [1.165, 1.54) is 25.7 Å². The Morgan fingerprint density at radius 3 is 2.80 bits per heavy atom. The van der Waals surface area contributed by atoms with Crippen LogP contribution in [0.15, 0.2) is 16.9 Å². The molecule has 4 heteroatoms. The highest BCUT2D eigenvalue weighted by Gasteiger charge is 2.15. The van der Waals surface area contributed by atoms with Gasteiger partial charge in [-0.25, -0.2) is 0 Å². The zero-order chi connectivity index (χ0) is 14.4. The molecule has 0 spiro atoms. The van der Waals surface area contributed by atoms with Crippen LogP contribution in [0.25, 0.3) is 0 Å². The van der Waals surface area contributed by atoms with E-state index in [2.05, 4.69) is 5.32 Å². The van der Waals surface area contributed by atoms with Crippen LogP contribution in [-0.2, 0) is 17.8 Å². The van der Waals surface area contributed by atoms with Crippen molar-refractivity contribution in [2.24, 2.45) is 0 Å². The van der Waals surface area contributed by atoms with Gasteiger partial charge in [0.15, 0.2) is 0 Å².